The summed E-state index contributed by atoms with van der Waals surface area (Å²) in [6, 6.07) is 0. The van der Waals surface area contributed by atoms with Gasteiger partial charge < -0.3 is 19.9 Å². The van der Waals surface area contributed by atoms with Gasteiger partial charge in [-0.25, -0.2) is 13.2 Å². The molecule has 3 aliphatic rings. The average Bonchev–Trinajstić information content (AvgIpc) is 3.44. The number of aryl methyl sites for hydroxylation is 1. The number of hydrogen-bond acceptors (Lipinski definition) is 4. The molecule has 2 aliphatic heterocycles. The summed E-state index contributed by atoms with van der Waals surface area (Å²) in [4.78, 5) is 18.5. The van der Waals surface area contributed by atoms with Crippen molar-refractivity contribution in [3.05, 3.63) is 83.3 Å². The maximum Gasteiger partial charge on any atom is 0.164 e. The van der Waals surface area contributed by atoms with Gasteiger partial charge in [-0.2, -0.15) is 0 Å². The number of aromatic nitrogens is 1. The fourth-order valence-electron chi connectivity index (χ4n) is 5.10. The first kappa shape index (κ1) is 44.0. The van der Waals surface area contributed by atoms with E-state index in [1.54, 1.807) is 18.6 Å². The number of aldehydes is 1. The van der Waals surface area contributed by atoms with Gasteiger partial charge in [0.25, 0.3) is 0 Å². The summed E-state index contributed by atoms with van der Waals surface area (Å²) in [6.07, 6.45) is 25.1. The Balaban J connectivity index is 0. The summed E-state index contributed by atoms with van der Waals surface area (Å²) in [7, 11) is 2.25. The molecule has 254 valence electrons. The second kappa shape index (κ2) is 28.4. The summed E-state index contributed by atoms with van der Waals surface area (Å²) >= 11 is 0. The number of H-pyrrole nitrogens is 1. The first-order valence-corrected chi connectivity index (χ1v) is 15.9. The largest absolute Gasteiger partial charge is 0.397 e. The summed E-state index contributed by atoms with van der Waals surface area (Å²) in [5, 5.41) is 7.57. The van der Waals surface area contributed by atoms with Crippen LogP contribution in [0.5, 0.6) is 0 Å². The highest BCUT2D eigenvalue weighted by Crippen LogP contribution is 2.31. The highest BCUT2D eigenvalue weighted by Gasteiger charge is 2.25. The lowest BCUT2D eigenvalue weighted by molar-refractivity contribution is -0.104. The normalized spacial score (nSPS) is 17.5. The molecule has 3 heterocycles. The zero-order valence-corrected chi connectivity index (χ0v) is 28.5. The molecule has 0 atom stereocenters. The lowest BCUT2D eigenvalue weighted by Gasteiger charge is -2.37. The third kappa shape index (κ3) is 18.4. The number of piperidine rings is 2. The number of rotatable bonds is 6. The van der Waals surface area contributed by atoms with E-state index in [0.29, 0.717) is 11.9 Å². The van der Waals surface area contributed by atoms with Gasteiger partial charge in [-0.1, -0.05) is 26.0 Å². The highest BCUT2D eigenvalue weighted by molar-refractivity contribution is 5.66. The lowest BCUT2D eigenvalue weighted by atomic mass is 9.88. The van der Waals surface area contributed by atoms with Gasteiger partial charge in [0.2, 0.25) is 0 Å². The minimum Gasteiger partial charge on any atom is -0.397 e. The van der Waals surface area contributed by atoms with Gasteiger partial charge in [-0.15, -0.1) is 19.4 Å². The van der Waals surface area contributed by atoms with Crippen LogP contribution in [-0.2, 0) is 4.79 Å². The third-order valence-electron chi connectivity index (χ3n) is 7.28. The van der Waals surface area contributed by atoms with Gasteiger partial charge in [0.05, 0.1) is 0 Å². The topological polar surface area (TPSA) is 59.6 Å². The van der Waals surface area contributed by atoms with Crippen LogP contribution < -0.4 is 0 Å². The lowest BCUT2D eigenvalue weighted by Crippen LogP contribution is -2.40. The molecule has 8 heteroatoms. The van der Waals surface area contributed by atoms with Crippen molar-refractivity contribution in [3.8, 4) is 12.8 Å². The first-order chi connectivity index (χ1) is 21.7. The Morgan fingerprint density at radius 3 is 2.11 bits per heavy atom. The van der Waals surface area contributed by atoms with E-state index in [-0.39, 0.29) is 18.6 Å². The Hall–Kier alpha value is -3.12. The molecule has 1 aromatic rings. The van der Waals surface area contributed by atoms with Crippen molar-refractivity contribution in [1.29, 1.82) is 0 Å². The van der Waals surface area contributed by atoms with Crippen molar-refractivity contribution in [3.63, 3.8) is 0 Å². The van der Waals surface area contributed by atoms with Crippen molar-refractivity contribution < 1.29 is 23.1 Å². The van der Waals surface area contributed by atoms with Gasteiger partial charge in [0.1, 0.15) is 13.0 Å². The number of hydrogen-bond donors (Lipinski definition) is 2. The monoisotopic (exact) mass is 633 g/mol. The summed E-state index contributed by atoms with van der Waals surface area (Å²) in [5.74, 6) is -0.507. The van der Waals surface area contributed by atoms with Gasteiger partial charge in [-0.05, 0) is 133 Å². The number of nitrogens with zero attached hydrogens (tertiary/aromatic N) is 2. The van der Waals surface area contributed by atoms with Gasteiger partial charge in [-0.3, -0.25) is 4.79 Å². The van der Waals surface area contributed by atoms with E-state index in [1.807, 2.05) is 20.8 Å². The van der Waals surface area contributed by atoms with E-state index in [0.717, 1.165) is 17.9 Å². The second-order valence-electron chi connectivity index (χ2n) is 10.6. The maximum atomic E-state index is 13.1. The number of halogens is 3. The van der Waals surface area contributed by atoms with Gasteiger partial charge in [0, 0.05) is 31.1 Å². The predicted molar refractivity (Wildman–Crippen MR) is 185 cm³/mol. The Morgan fingerprint density at radius 2 is 1.64 bits per heavy atom. The van der Waals surface area contributed by atoms with Crippen LogP contribution >= 0.6 is 0 Å². The minimum atomic E-state index is -1.17. The van der Waals surface area contributed by atoms with Crippen LogP contribution in [0.2, 0.25) is 0 Å². The number of terminal acetylenes is 1. The van der Waals surface area contributed by atoms with Crippen LogP contribution in [0, 0.1) is 25.7 Å². The van der Waals surface area contributed by atoms with Crippen LogP contribution in [0.15, 0.2) is 72.2 Å². The first-order valence-electron chi connectivity index (χ1n) is 15.9. The molecular formula is C37H58F3N3O2. The number of aliphatic hydroxyl groups excluding tert-OH is 1. The van der Waals surface area contributed by atoms with Crippen molar-refractivity contribution >= 4 is 6.29 Å². The van der Waals surface area contributed by atoms with Crippen LogP contribution in [0.4, 0.5) is 13.2 Å². The van der Waals surface area contributed by atoms with Crippen LogP contribution in [-0.4, -0.2) is 79.2 Å². The fraction of sp³-hybridized carbons (Fsp3) is 0.541. The van der Waals surface area contributed by atoms with Crippen molar-refractivity contribution in [1.82, 2.24) is 14.8 Å². The fourth-order valence-corrected chi connectivity index (χ4v) is 5.10. The number of carbonyl (C=O) groups excluding carboxylic acids is 1. The van der Waals surface area contributed by atoms with Crippen molar-refractivity contribution in [2.75, 3.05) is 53.1 Å². The summed E-state index contributed by atoms with van der Waals surface area (Å²) in [6.45, 7) is 18.9. The molecule has 0 spiro atoms. The number of aliphatic hydroxyl groups is 1. The number of likely N-dealkylation sites (tertiary alicyclic amines) is 2. The van der Waals surface area contributed by atoms with Crippen LogP contribution in [0.3, 0.4) is 0 Å². The third-order valence-corrected chi connectivity index (χ3v) is 7.28. The zero-order chi connectivity index (χ0) is 34.6. The molecule has 2 N–H and O–H groups in total. The highest BCUT2D eigenvalue weighted by atomic mass is 19.2. The molecule has 0 aromatic carbocycles. The molecule has 0 unspecified atom stereocenters. The maximum absolute atomic E-state index is 13.1. The van der Waals surface area contributed by atoms with E-state index in [4.69, 9.17) is 5.11 Å². The quantitative estimate of drug-likeness (QED) is 0.143. The van der Waals surface area contributed by atoms with Crippen LogP contribution in [0.1, 0.15) is 76.8 Å². The smallest absolute Gasteiger partial charge is 0.164 e. The van der Waals surface area contributed by atoms with Crippen molar-refractivity contribution in [2.45, 2.75) is 72.6 Å². The molecule has 2 saturated heterocycles. The van der Waals surface area contributed by atoms with Gasteiger partial charge >= 0.3 is 0 Å². The molecule has 1 aliphatic carbocycles. The molecule has 0 radical (unpaired) electrons. The number of allylic oxidation sites excluding steroid dienone is 9. The Bertz CT molecular complexity index is 1060. The SMILES string of the molecule is C#C.C=CC.CC.CCO.Cc1c[nH]cc1C1CCN(CC2CCN(C)CC2)CC1.O=C/C=C/C1=CC(CF)=C(F)C(F)=CC1. The number of nitrogens with one attached hydrogen (secondary N) is 1. The number of aromatic amines is 1. The zero-order valence-electron chi connectivity index (χ0n) is 28.5. The van der Waals surface area contributed by atoms with E-state index in [9.17, 15) is 18.0 Å². The van der Waals surface area contributed by atoms with E-state index >= 15 is 0 Å². The summed E-state index contributed by atoms with van der Waals surface area (Å²) < 4.78 is 38.3. The predicted octanol–water partition coefficient (Wildman–Crippen LogP) is 8.43. The Kier molecular flexibility index (Phi) is 27.7. The van der Waals surface area contributed by atoms with E-state index in [2.05, 4.69) is 60.6 Å². The van der Waals surface area contributed by atoms with E-state index in [1.165, 1.54) is 82.2 Å². The number of alkyl halides is 1. The molecule has 0 bridgehead atoms. The Morgan fingerprint density at radius 1 is 1.09 bits per heavy atom. The molecule has 5 nitrogen and oxygen atoms in total. The molecule has 45 heavy (non-hydrogen) atoms. The molecule has 0 saturated carbocycles. The molecule has 1 aromatic heterocycles. The number of carbonyl (C=O) groups is 1. The molecular weight excluding hydrogens is 575 g/mol. The van der Waals surface area contributed by atoms with Crippen LogP contribution in [0.25, 0.3) is 0 Å². The average molecular weight is 634 g/mol. The standard InChI is InChI=1S/C17H29N3.C11H9F3O.C3H6.C2H6O.C2H6.C2H2/c1-14-11-18-12-17(14)16-5-9-20(10-6-16)13-15-3-7-19(2)8-4-15;12-7-9-6-8(2-1-5-15)3-4-10(13)11(9)14;1-3-2;1-2-3;2*1-2/h11-12,15-16,18H,3-10,13H2,1-2H3;1-2,4-6H,3,7H2;3H,1H2,2H3;3H,2H2,1H3;1-2H3;1-2H/b;2-1+;;;;. The van der Waals surface area contributed by atoms with Crippen molar-refractivity contribution in [2.24, 2.45) is 5.92 Å². The molecule has 4 rings (SSSR count). The molecule has 2 fully saturated rings. The molecule has 0 amide bonds. The summed E-state index contributed by atoms with van der Waals surface area (Å²) in [5.41, 5.74) is 3.15. The Labute approximate surface area is 271 Å². The minimum absolute atomic E-state index is 0.132. The van der Waals surface area contributed by atoms with Gasteiger partial charge in [0.15, 0.2) is 11.7 Å². The second-order valence-corrected chi connectivity index (χ2v) is 10.6. The van der Waals surface area contributed by atoms with E-state index < -0.39 is 18.3 Å².